The predicted octanol–water partition coefficient (Wildman–Crippen LogP) is 4.28. The van der Waals surface area contributed by atoms with Gasteiger partial charge >= 0.3 is 0 Å². The largest absolute Gasteiger partial charge is 0.377 e. The highest BCUT2D eigenvalue weighted by molar-refractivity contribution is 5.27. The molecule has 0 aliphatic rings. The average molecular weight is 263 g/mol. The fourth-order valence-corrected chi connectivity index (χ4v) is 1.99. The minimum Gasteiger partial charge on any atom is -0.377 e. The van der Waals surface area contributed by atoms with E-state index in [-0.39, 0.29) is 6.10 Å². The molecule has 0 aliphatic carbocycles. The SMILES string of the molecule is CCCNC(COC(C)C)c1ccc(C(C)C)cc1. The predicted molar refractivity (Wildman–Crippen MR) is 82.7 cm³/mol. The standard InChI is InChI=1S/C17H29NO/c1-6-11-18-17(12-19-14(4)5)16-9-7-15(8-10-16)13(2)3/h7-10,13-14,17-18H,6,11-12H2,1-5H3. The van der Waals surface area contributed by atoms with Gasteiger partial charge in [-0.1, -0.05) is 45.0 Å². The lowest BCUT2D eigenvalue weighted by Crippen LogP contribution is -2.27. The van der Waals surface area contributed by atoms with Crippen molar-refractivity contribution in [3.05, 3.63) is 35.4 Å². The van der Waals surface area contributed by atoms with Crippen LogP contribution in [0.4, 0.5) is 0 Å². The summed E-state index contributed by atoms with van der Waals surface area (Å²) in [5, 5.41) is 3.56. The van der Waals surface area contributed by atoms with Crippen LogP contribution in [0.3, 0.4) is 0 Å². The molecule has 0 spiro atoms. The number of ether oxygens (including phenoxy) is 1. The summed E-state index contributed by atoms with van der Waals surface area (Å²) in [7, 11) is 0. The van der Waals surface area contributed by atoms with Crippen LogP contribution in [0.25, 0.3) is 0 Å². The van der Waals surface area contributed by atoms with Crippen molar-refractivity contribution >= 4 is 0 Å². The molecule has 0 fully saturated rings. The van der Waals surface area contributed by atoms with Crippen molar-refractivity contribution in [3.63, 3.8) is 0 Å². The summed E-state index contributed by atoms with van der Waals surface area (Å²) in [6, 6.07) is 9.22. The van der Waals surface area contributed by atoms with Crippen molar-refractivity contribution in [2.45, 2.75) is 59.1 Å². The van der Waals surface area contributed by atoms with E-state index >= 15 is 0 Å². The average Bonchev–Trinajstić information content (AvgIpc) is 2.39. The third kappa shape index (κ3) is 5.75. The minimum absolute atomic E-state index is 0.279. The van der Waals surface area contributed by atoms with Gasteiger partial charge in [-0.15, -0.1) is 0 Å². The Hall–Kier alpha value is -0.860. The molecule has 0 saturated heterocycles. The Morgan fingerprint density at radius 3 is 2.05 bits per heavy atom. The van der Waals surface area contributed by atoms with E-state index in [2.05, 4.69) is 64.2 Å². The lowest BCUT2D eigenvalue weighted by atomic mass is 9.99. The molecule has 1 unspecified atom stereocenters. The molecular weight excluding hydrogens is 234 g/mol. The number of hydrogen-bond donors (Lipinski definition) is 1. The van der Waals surface area contributed by atoms with Gasteiger partial charge in [0, 0.05) is 0 Å². The van der Waals surface area contributed by atoms with Crippen molar-refractivity contribution < 1.29 is 4.74 Å². The lowest BCUT2D eigenvalue weighted by Gasteiger charge is -2.21. The molecule has 0 aromatic heterocycles. The minimum atomic E-state index is 0.279. The summed E-state index contributed by atoms with van der Waals surface area (Å²) in [6.07, 6.45) is 1.42. The van der Waals surface area contributed by atoms with Crippen LogP contribution < -0.4 is 5.32 Å². The van der Waals surface area contributed by atoms with Crippen LogP contribution >= 0.6 is 0 Å². The number of hydrogen-bond acceptors (Lipinski definition) is 2. The third-order valence-corrected chi connectivity index (χ3v) is 3.24. The molecule has 108 valence electrons. The van der Waals surface area contributed by atoms with Crippen molar-refractivity contribution in [1.82, 2.24) is 5.32 Å². The second kappa shape index (κ2) is 8.34. The van der Waals surface area contributed by atoms with Crippen molar-refractivity contribution in [3.8, 4) is 0 Å². The molecule has 1 aromatic rings. The molecule has 1 N–H and O–H groups in total. The molecule has 0 amide bonds. The second-order valence-electron chi connectivity index (χ2n) is 5.71. The van der Waals surface area contributed by atoms with Crippen molar-refractivity contribution in [2.24, 2.45) is 0 Å². The Labute approximate surface area is 118 Å². The van der Waals surface area contributed by atoms with E-state index in [9.17, 15) is 0 Å². The van der Waals surface area contributed by atoms with Gasteiger partial charge in [0.25, 0.3) is 0 Å². The number of nitrogens with one attached hydrogen (secondary N) is 1. The third-order valence-electron chi connectivity index (χ3n) is 3.24. The van der Waals surface area contributed by atoms with Crippen molar-refractivity contribution in [1.29, 1.82) is 0 Å². The smallest absolute Gasteiger partial charge is 0.0664 e. The molecule has 1 aromatic carbocycles. The van der Waals surface area contributed by atoms with E-state index < -0.39 is 0 Å². The molecule has 0 saturated carbocycles. The summed E-state index contributed by atoms with van der Waals surface area (Å²) in [6.45, 7) is 12.6. The zero-order valence-electron chi connectivity index (χ0n) is 13.1. The first-order chi connectivity index (χ1) is 9.04. The highest BCUT2D eigenvalue weighted by atomic mass is 16.5. The van der Waals surface area contributed by atoms with E-state index in [0.717, 1.165) is 19.6 Å². The van der Waals surface area contributed by atoms with E-state index in [0.29, 0.717) is 12.0 Å². The first-order valence-electron chi connectivity index (χ1n) is 7.49. The van der Waals surface area contributed by atoms with Gasteiger partial charge in [-0.3, -0.25) is 0 Å². The van der Waals surface area contributed by atoms with E-state index in [1.54, 1.807) is 0 Å². The Bertz CT molecular complexity index is 343. The Balaban J connectivity index is 2.71. The highest BCUT2D eigenvalue weighted by Gasteiger charge is 2.12. The van der Waals surface area contributed by atoms with Gasteiger partial charge in [-0.05, 0) is 43.9 Å². The topological polar surface area (TPSA) is 21.3 Å². The van der Waals surface area contributed by atoms with Crippen LogP contribution in [0.2, 0.25) is 0 Å². The van der Waals surface area contributed by atoms with Crippen LogP contribution in [0, 0.1) is 0 Å². The van der Waals surface area contributed by atoms with Crippen LogP contribution in [-0.2, 0) is 4.74 Å². The Morgan fingerprint density at radius 1 is 1.00 bits per heavy atom. The van der Waals surface area contributed by atoms with Crippen molar-refractivity contribution in [2.75, 3.05) is 13.2 Å². The van der Waals surface area contributed by atoms with E-state index in [4.69, 9.17) is 4.74 Å². The van der Waals surface area contributed by atoms with Crippen LogP contribution in [0.1, 0.15) is 64.1 Å². The van der Waals surface area contributed by atoms with Gasteiger partial charge in [0.15, 0.2) is 0 Å². The highest BCUT2D eigenvalue weighted by Crippen LogP contribution is 2.19. The molecule has 1 rings (SSSR count). The van der Waals surface area contributed by atoms with E-state index in [1.807, 2.05) is 0 Å². The lowest BCUT2D eigenvalue weighted by molar-refractivity contribution is 0.0611. The summed E-state index contributed by atoms with van der Waals surface area (Å²) in [5.74, 6) is 0.586. The maximum atomic E-state index is 5.77. The van der Waals surface area contributed by atoms with Gasteiger partial charge in [0.2, 0.25) is 0 Å². The summed E-state index contributed by atoms with van der Waals surface area (Å²) in [5.41, 5.74) is 2.71. The quantitative estimate of drug-likeness (QED) is 0.756. The van der Waals surface area contributed by atoms with Crippen LogP contribution in [-0.4, -0.2) is 19.3 Å². The van der Waals surface area contributed by atoms with Crippen LogP contribution in [0.15, 0.2) is 24.3 Å². The van der Waals surface area contributed by atoms with Gasteiger partial charge in [-0.2, -0.15) is 0 Å². The molecule has 2 nitrogen and oxygen atoms in total. The summed E-state index contributed by atoms with van der Waals surface area (Å²) >= 11 is 0. The summed E-state index contributed by atoms with van der Waals surface area (Å²) in [4.78, 5) is 0. The van der Waals surface area contributed by atoms with Crippen LogP contribution in [0.5, 0.6) is 0 Å². The molecule has 1 atom stereocenters. The molecule has 2 heteroatoms. The Kier molecular flexibility index (Phi) is 7.11. The second-order valence-corrected chi connectivity index (χ2v) is 5.71. The normalized spacial score (nSPS) is 13.2. The summed E-state index contributed by atoms with van der Waals surface area (Å²) < 4.78 is 5.77. The molecule has 0 heterocycles. The zero-order valence-corrected chi connectivity index (χ0v) is 13.1. The number of benzene rings is 1. The van der Waals surface area contributed by atoms with Gasteiger partial charge in [0.05, 0.1) is 18.8 Å². The molecular formula is C17H29NO. The fraction of sp³-hybridized carbons (Fsp3) is 0.647. The molecule has 0 radical (unpaired) electrons. The monoisotopic (exact) mass is 263 g/mol. The molecule has 19 heavy (non-hydrogen) atoms. The molecule has 0 aliphatic heterocycles. The number of rotatable bonds is 8. The zero-order chi connectivity index (χ0) is 14.3. The van der Waals surface area contributed by atoms with E-state index in [1.165, 1.54) is 11.1 Å². The maximum absolute atomic E-state index is 5.77. The van der Waals surface area contributed by atoms with Gasteiger partial charge in [0.1, 0.15) is 0 Å². The molecule has 0 bridgehead atoms. The Morgan fingerprint density at radius 2 is 1.58 bits per heavy atom. The van der Waals surface area contributed by atoms with Gasteiger partial charge in [-0.25, -0.2) is 0 Å². The van der Waals surface area contributed by atoms with Gasteiger partial charge < -0.3 is 10.1 Å². The fourth-order valence-electron chi connectivity index (χ4n) is 1.99. The maximum Gasteiger partial charge on any atom is 0.0664 e. The first kappa shape index (κ1) is 16.2. The first-order valence-corrected chi connectivity index (χ1v) is 7.49.